The van der Waals surface area contributed by atoms with Gasteiger partial charge >= 0.3 is 5.97 Å². The molecule has 0 aliphatic rings. The second-order valence-corrected chi connectivity index (χ2v) is 7.73. The third kappa shape index (κ3) is 4.31. The molecule has 0 bridgehead atoms. The Morgan fingerprint density at radius 2 is 2.15 bits per heavy atom. The van der Waals surface area contributed by atoms with E-state index in [2.05, 4.69) is 10.4 Å². The first-order chi connectivity index (χ1) is 12.9. The van der Waals surface area contributed by atoms with Crippen LogP contribution in [0.2, 0.25) is 5.02 Å². The number of carbonyl (C=O) groups excluding carboxylic acids is 2. The molecule has 0 saturated carbocycles. The zero-order valence-corrected chi connectivity index (χ0v) is 16.9. The van der Waals surface area contributed by atoms with E-state index < -0.39 is 5.97 Å². The summed E-state index contributed by atoms with van der Waals surface area (Å²) in [6, 6.07) is 9.14. The summed E-state index contributed by atoms with van der Waals surface area (Å²) < 4.78 is 6.90. The number of aromatic nitrogens is 2. The maximum atomic E-state index is 12.3. The van der Waals surface area contributed by atoms with Crippen molar-refractivity contribution in [1.82, 2.24) is 15.1 Å². The standard InChI is InChI=1S/C19H20ClN3O3S/c1-4-11(2)21-17(24)10-26-19(25)16-9-15-12(3)22-23(18(15)27-16)14-7-5-6-13(20)8-14/h5-9,11H,4,10H2,1-3H3,(H,21,24)/t11-/m0/s1. The van der Waals surface area contributed by atoms with E-state index in [-0.39, 0.29) is 18.6 Å². The highest BCUT2D eigenvalue weighted by Gasteiger charge is 2.19. The Kier molecular flexibility index (Phi) is 5.82. The molecule has 0 aliphatic carbocycles. The number of nitrogens with one attached hydrogen (secondary N) is 1. The number of nitrogens with zero attached hydrogens (tertiary/aromatic N) is 2. The summed E-state index contributed by atoms with van der Waals surface area (Å²) in [5, 5.41) is 8.77. The third-order valence-electron chi connectivity index (χ3n) is 4.15. The minimum absolute atomic E-state index is 0.0480. The molecule has 0 aliphatic heterocycles. The molecule has 8 heteroatoms. The van der Waals surface area contributed by atoms with Gasteiger partial charge in [-0.05, 0) is 44.5 Å². The smallest absolute Gasteiger partial charge is 0.348 e. The second-order valence-electron chi connectivity index (χ2n) is 6.26. The van der Waals surface area contributed by atoms with Gasteiger partial charge in [-0.1, -0.05) is 24.6 Å². The van der Waals surface area contributed by atoms with Crippen LogP contribution in [-0.4, -0.2) is 34.3 Å². The number of ether oxygens (including phenoxy) is 1. The normalized spacial score (nSPS) is 12.1. The van der Waals surface area contributed by atoms with Gasteiger partial charge in [0, 0.05) is 16.5 Å². The Morgan fingerprint density at radius 3 is 2.85 bits per heavy atom. The van der Waals surface area contributed by atoms with E-state index in [1.54, 1.807) is 16.8 Å². The molecular formula is C19H20ClN3O3S. The SMILES string of the molecule is CC[C@H](C)NC(=O)COC(=O)c1cc2c(C)nn(-c3cccc(Cl)c3)c2s1. The number of amides is 1. The molecule has 6 nitrogen and oxygen atoms in total. The minimum Gasteiger partial charge on any atom is -0.451 e. The summed E-state index contributed by atoms with van der Waals surface area (Å²) >= 11 is 7.35. The predicted molar refractivity (Wildman–Crippen MR) is 107 cm³/mol. The monoisotopic (exact) mass is 405 g/mol. The summed E-state index contributed by atoms with van der Waals surface area (Å²) in [7, 11) is 0. The van der Waals surface area contributed by atoms with Gasteiger partial charge in [0.15, 0.2) is 6.61 Å². The Hall–Kier alpha value is -2.38. The molecule has 1 N–H and O–H groups in total. The van der Waals surface area contributed by atoms with E-state index in [0.717, 1.165) is 28.0 Å². The zero-order chi connectivity index (χ0) is 19.6. The summed E-state index contributed by atoms with van der Waals surface area (Å²) in [6.07, 6.45) is 0.815. The number of thiophene rings is 1. The fourth-order valence-corrected chi connectivity index (χ4v) is 3.81. The van der Waals surface area contributed by atoms with E-state index in [0.29, 0.717) is 9.90 Å². The van der Waals surface area contributed by atoms with Gasteiger partial charge in [0.1, 0.15) is 9.71 Å². The van der Waals surface area contributed by atoms with Crippen LogP contribution in [0.4, 0.5) is 0 Å². The van der Waals surface area contributed by atoms with Gasteiger partial charge in [0.25, 0.3) is 5.91 Å². The molecule has 2 heterocycles. The summed E-state index contributed by atoms with van der Waals surface area (Å²) in [5.74, 6) is -0.826. The molecule has 0 radical (unpaired) electrons. The highest BCUT2D eigenvalue weighted by molar-refractivity contribution is 7.20. The van der Waals surface area contributed by atoms with Gasteiger partial charge in [-0.2, -0.15) is 5.10 Å². The van der Waals surface area contributed by atoms with E-state index in [1.165, 1.54) is 11.3 Å². The van der Waals surface area contributed by atoms with Crippen LogP contribution < -0.4 is 5.32 Å². The molecule has 142 valence electrons. The number of fused-ring (bicyclic) bond motifs is 1. The molecule has 0 unspecified atom stereocenters. The van der Waals surface area contributed by atoms with Crippen molar-refractivity contribution in [1.29, 1.82) is 0 Å². The van der Waals surface area contributed by atoms with E-state index in [1.807, 2.05) is 39.0 Å². The van der Waals surface area contributed by atoms with Crippen molar-refractivity contribution in [3.05, 3.63) is 45.9 Å². The Labute approximate surface area is 166 Å². The Morgan fingerprint density at radius 1 is 1.37 bits per heavy atom. The van der Waals surface area contributed by atoms with Crippen molar-refractivity contribution in [2.24, 2.45) is 0 Å². The van der Waals surface area contributed by atoms with Crippen molar-refractivity contribution in [3.8, 4) is 5.69 Å². The third-order valence-corrected chi connectivity index (χ3v) is 5.48. The van der Waals surface area contributed by atoms with Gasteiger partial charge in [0.05, 0.1) is 11.4 Å². The number of hydrogen-bond donors (Lipinski definition) is 1. The van der Waals surface area contributed by atoms with Gasteiger partial charge < -0.3 is 10.1 Å². The maximum absolute atomic E-state index is 12.3. The van der Waals surface area contributed by atoms with Crippen molar-refractivity contribution in [3.63, 3.8) is 0 Å². The van der Waals surface area contributed by atoms with Crippen molar-refractivity contribution >= 4 is 45.0 Å². The molecule has 1 atom stereocenters. The lowest BCUT2D eigenvalue weighted by Crippen LogP contribution is -2.35. The predicted octanol–water partition coefficient (Wildman–Crippen LogP) is 4.12. The zero-order valence-electron chi connectivity index (χ0n) is 15.3. The van der Waals surface area contributed by atoms with Gasteiger partial charge in [-0.3, -0.25) is 4.79 Å². The first-order valence-corrected chi connectivity index (χ1v) is 9.80. The van der Waals surface area contributed by atoms with Crippen molar-refractivity contribution < 1.29 is 14.3 Å². The molecule has 0 spiro atoms. The number of esters is 1. The van der Waals surface area contributed by atoms with Crippen molar-refractivity contribution in [2.75, 3.05) is 6.61 Å². The fraction of sp³-hybridized carbons (Fsp3) is 0.316. The minimum atomic E-state index is -0.521. The fourth-order valence-electron chi connectivity index (χ4n) is 2.55. The molecule has 3 aromatic rings. The lowest BCUT2D eigenvalue weighted by Gasteiger charge is -2.11. The van der Waals surface area contributed by atoms with E-state index in [4.69, 9.17) is 16.3 Å². The van der Waals surface area contributed by atoms with Crippen LogP contribution in [0.3, 0.4) is 0 Å². The van der Waals surface area contributed by atoms with Crippen molar-refractivity contribution in [2.45, 2.75) is 33.2 Å². The Balaban J connectivity index is 1.79. The summed E-state index contributed by atoms with van der Waals surface area (Å²) in [5.41, 5.74) is 1.62. The van der Waals surface area contributed by atoms with Crippen LogP contribution in [0.15, 0.2) is 30.3 Å². The van der Waals surface area contributed by atoms with Gasteiger partial charge in [-0.25, -0.2) is 9.48 Å². The number of carbonyl (C=O) groups is 2. The highest BCUT2D eigenvalue weighted by atomic mass is 35.5. The van der Waals surface area contributed by atoms with Crippen LogP contribution in [-0.2, 0) is 9.53 Å². The largest absolute Gasteiger partial charge is 0.451 e. The Bertz CT molecular complexity index is 995. The van der Waals surface area contributed by atoms with Crippen LogP contribution in [0.25, 0.3) is 15.9 Å². The average Bonchev–Trinajstić information content (AvgIpc) is 3.20. The lowest BCUT2D eigenvalue weighted by molar-refractivity contribution is -0.124. The first kappa shape index (κ1) is 19.4. The van der Waals surface area contributed by atoms with Crippen LogP contribution >= 0.6 is 22.9 Å². The molecule has 0 saturated heterocycles. The summed E-state index contributed by atoms with van der Waals surface area (Å²) in [6.45, 7) is 5.46. The highest BCUT2D eigenvalue weighted by Crippen LogP contribution is 2.31. The molecule has 3 rings (SSSR count). The average molecular weight is 406 g/mol. The summed E-state index contributed by atoms with van der Waals surface area (Å²) in [4.78, 5) is 25.4. The molecule has 1 amide bonds. The molecular weight excluding hydrogens is 386 g/mol. The maximum Gasteiger partial charge on any atom is 0.348 e. The number of hydrogen-bond acceptors (Lipinski definition) is 5. The molecule has 0 fully saturated rings. The molecule has 27 heavy (non-hydrogen) atoms. The number of halogens is 1. The molecule has 1 aromatic carbocycles. The van der Waals surface area contributed by atoms with Crippen LogP contribution in [0.1, 0.15) is 35.6 Å². The topological polar surface area (TPSA) is 73.2 Å². The first-order valence-electron chi connectivity index (χ1n) is 8.60. The molecule has 2 aromatic heterocycles. The van der Waals surface area contributed by atoms with Gasteiger partial charge in [-0.15, -0.1) is 11.3 Å². The number of benzene rings is 1. The van der Waals surface area contributed by atoms with E-state index in [9.17, 15) is 9.59 Å². The van der Waals surface area contributed by atoms with Gasteiger partial charge in [0.2, 0.25) is 0 Å². The quantitative estimate of drug-likeness (QED) is 0.626. The number of aryl methyl sites for hydroxylation is 1. The van der Waals surface area contributed by atoms with Crippen LogP contribution in [0.5, 0.6) is 0 Å². The lowest BCUT2D eigenvalue weighted by atomic mass is 10.2. The second kappa shape index (κ2) is 8.10. The number of rotatable bonds is 6. The van der Waals surface area contributed by atoms with E-state index >= 15 is 0 Å². The van der Waals surface area contributed by atoms with Crippen LogP contribution in [0, 0.1) is 6.92 Å².